The number of aryl methyl sites for hydroxylation is 1. The standard InChI is InChI=1S/C19H26N4O3/c1-13-3-4-18-14(2)23(10-9-22(13)18)19(25)17-11-16(26-20-17)12-21-7-5-15(24)6-8-21/h3-4,11,14-15,24H,5-10,12H2,1-2H3/t14-/m0/s1. The molecule has 0 saturated carbocycles. The van der Waals surface area contributed by atoms with Gasteiger partial charge in [-0.3, -0.25) is 9.69 Å². The van der Waals surface area contributed by atoms with E-state index in [1.54, 1.807) is 6.07 Å². The van der Waals surface area contributed by atoms with Gasteiger partial charge in [0.15, 0.2) is 11.5 Å². The number of aliphatic hydroxyl groups excluding tert-OH is 1. The van der Waals surface area contributed by atoms with E-state index in [1.165, 1.54) is 5.69 Å². The molecule has 140 valence electrons. The van der Waals surface area contributed by atoms with Gasteiger partial charge < -0.3 is 19.1 Å². The van der Waals surface area contributed by atoms with Gasteiger partial charge in [-0.1, -0.05) is 5.16 Å². The van der Waals surface area contributed by atoms with Crippen LogP contribution in [-0.4, -0.2) is 56.3 Å². The summed E-state index contributed by atoms with van der Waals surface area (Å²) in [6.07, 6.45) is 1.37. The summed E-state index contributed by atoms with van der Waals surface area (Å²) in [6.45, 7) is 7.94. The lowest BCUT2D eigenvalue weighted by atomic mass is 10.1. The number of fused-ring (bicyclic) bond motifs is 1. The number of aliphatic hydroxyl groups is 1. The number of amides is 1. The van der Waals surface area contributed by atoms with Crippen molar-refractivity contribution >= 4 is 5.91 Å². The van der Waals surface area contributed by atoms with Gasteiger partial charge in [-0.05, 0) is 38.8 Å². The maximum atomic E-state index is 12.9. The van der Waals surface area contributed by atoms with Gasteiger partial charge in [-0.15, -0.1) is 0 Å². The number of likely N-dealkylation sites (tertiary alicyclic amines) is 1. The van der Waals surface area contributed by atoms with Crippen molar-refractivity contribution in [2.24, 2.45) is 0 Å². The van der Waals surface area contributed by atoms with Crippen molar-refractivity contribution in [1.29, 1.82) is 0 Å². The molecule has 1 N–H and O–H groups in total. The molecule has 0 aliphatic carbocycles. The second-order valence-electron chi connectivity index (χ2n) is 7.41. The maximum absolute atomic E-state index is 12.9. The first-order valence-electron chi connectivity index (χ1n) is 9.36. The van der Waals surface area contributed by atoms with Crippen LogP contribution in [0.25, 0.3) is 0 Å². The van der Waals surface area contributed by atoms with Crippen LogP contribution in [0.4, 0.5) is 0 Å². The zero-order valence-corrected chi connectivity index (χ0v) is 15.4. The van der Waals surface area contributed by atoms with Crippen molar-refractivity contribution in [3.05, 3.63) is 41.0 Å². The molecular formula is C19H26N4O3. The highest BCUT2D eigenvalue weighted by molar-refractivity contribution is 5.92. The van der Waals surface area contributed by atoms with Crippen LogP contribution in [0.5, 0.6) is 0 Å². The molecule has 0 aromatic carbocycles. The molecule has 7 nitrogen and oxygen atoms in total. The summed E-state index contributed by atoms with van der Waals surface area (Å²) in [5.41, 5.74) is 2.77. The molecule has 0 spiro atoms. The summed E-state index contributed by atoms with van der Waals surface area (Å²) in [5, 5.41) is 13.6. The summed E-state index contributed by atoms with van der Waals surface area (Å²) >= 11 is 0. The second kappa shape index (κ2) is 6.89. The highest BCUT2D eigenvalue weighted by Crippen LogP contribution is 2.28. The van der Waals surface area contributed by atoms with Crippen LogP contribution < -0.4 is 0 Å². The van der Waals surface area contributed by atoms with Crippen molar-refractivity contribution in [2.75, 3.05) is 19.6 Å². The molecule has 1 fully saturated rings. The predicted octanol–water partition coefficient (Wildman–Crippen LogP) is 1.96. The summed E-state index contributed by atoms with van der Waals surface area (Å²) in [5.74, 6) is 0.625. The third-order valence-corrected chi connectivity index (χ3v) is 5.67. The van der Waals surface area contributed by atoms with Gasteiger partial charge in [0.2, 0.25) is 0 Å². The topological polar surface area (TPSA) is 74.7 Å². The van der Waals surface area contributed by atoms with Crippen molar-refractivity contribution in [2.45, 2.75) is 51.9 Å². The fourth-order valence-corrected chi connectivity index (χ4v) is 4.03. The number of carbonyl (C=O) groups is 1. The number of hydrogen-bond donors (Lipinski definition) is 1. The van der Waals surface area contributed by atoms with Crippen LogP contribution in [0.15, 0.2) is 22.7 Å². The highest BCUT2D eigenvalue weighted by Gasteiger charge is 2.31. The largest absolute Gasteiger partial charge is 0.393 e. The van der Waals surface area contributed by atoms with Gasteiger partial charge in [0.05, 0.1) is 18.7 Å². The molecule has 1 amide bonds. The molecule has 4 heterocycles. The van der Waals surface area contributed by atoms with Crippen molar-refractivity contribution < 1.29 is 14.4 Å². The minimum Gasteiger partial charge on any atom is -0.393 e. The molecule has 2 aromatic heterocycles. The van der Waals surface area contributed by atoms with E-state index in [4.69, 9.17) is 4.52 Å². The van der Waals surface area contributed by atoms with Gasteiger partial charge in [0.25, 0.3) is 5.91 Å². The number of nitrogens with zero attached hydrogens (tertiary/aromatic N) is 4. The fraction of sp³-hybridized carbons (Fsp3) is 0.579. The molecule has 2 aliphatic heterocycles. The first-order valence-corrected chi connectivity index (χ1v) is 9.36. The average Bonchev–Trinajstić information content (AvgIpc) is 3.24. The lowest BCUT2D eigenvalue weighted by molar-refractivity contribution is 0.0630. The minimum atomic E-state index is -0.193. The Hall–Kier alpha value is -2.12. The predicted molar refractivity (Wildman–Crippen MR) is 95.6 cm³/mol. The summed E-state index contributed by atoms with van der Waals surface area (Å²) in [6, 6.07) is 5.98. The number of carbonyl (C=O) groups excluding carboxylic acids is 1. The maximum Gasteiger partial charge on any atom is 0.276 e. The first kappa shape index (κ1) is 17.3. The molecule has 4 rings (SSSR count). The van der Waals surface area contributed by atoms with Crippen LogP contribution in [0.3, 0.4) is 0 Å². The van der Waals surface area contributed by atoms with E-state index in [0.717, 1.165) is 38.2 Å². The Morgan fingerprint density at radius 1 is 1.27 bits per heavy atom. The number of piperidine rings is 1. The average molecular weight is 358 g/mol. The smallest absolute Gasteiger partial charge is 0.276 e. The zero-order valence-electron chi connectivity index (χ0n) is 15.4. The zero-order chi connectivity index (χ0) is 18.3. The van der Waals surface area contributed by atoms with E-state index in [9.17, 15) is 9.90 Å². The Morgan fingerprint density at radius 2 is 2.04 bits per heavy atom. The molecule has 2 aliphatic rings. The van der Waals surface area contributed by atoms with Crippen LogP contribution in [0.2, 0.25) is 0 Å². The van der Waals surface area contributed by atoms with Crippen molar-refractivity contribution in [3.8, 4) is 0 Å². The van der Waals surface area contributed by atoms with E-state index < -0.39 is 0 Å². The fourth-order valence-electron chi connectivity index (χ4n) is 4.03. The second-order valence-corrected chi connectivity index (χ2v) is 7.41. The quantitative estimate of drug-likeness (QED) is 0.908. The lowest BCUT2D eigenvalue weighted by Crippen LogP contribution is -2.41. The highest BCUT2D eigenvalue weighted by atomic mass is 16.5. The van der Waals surface area contributed by atoms with E-state index in [-0.39, 0.29) is 18.1 Å². The van der Waals surface area contributed by atoms with Crippen LogP contribution in [0, 0.1) is 6.92 Å². The molecule has 7 heteroatoms. The molecule has 0 bridgehead atoms. The van der Waals surface area contributed by atoms with E-state index >= 15 is 0 Å². The van der Waals surface area contributed by atoms with Crippen LogP contribution >= 0.6 is 0 Å². The molecule has 1 atom stereocenters. The molecule has 0 unspecified atom stereocenters. The van der Waals surface area contributed by atoms with Crippen LogP contribution in [0.1, 0.15) is 53.4 Å². The van der Waals surface area contributed by atoms with Crippen molar-refractivity contribution in [3.63, 3.8) is 0 Å². The third kappa shape index (κ3) is 3.17. The first-order chi connectivity index (χ1) is 12.5. The molecule has 2 aromatic rings. The molecule has 26 heavy (non-hydrogen) atoms. The van der Waals surface area contributed by atoms with Crippen molar-refractivity contribution in [1.82, 2.24) is 19.5 Å². The number of aromatic nitrogens is 2. The monoisotopic (exact) mass is 358 g/mol. The summed E-state index contributed by atoms with van der Waals surface area (Å²) in [7, 11) is 0. The normalized spacial score (nSPS) is 21.8. The summed E-state index contributed by atoms with van der Waals surface area (Å²) < 4.78 is 7.68. The minimum absolute atomic E-state index is 0.0219. The number of hydrogen-bond acceptors (Lipinski definition) is 5. The Morgan fingerprint density at radius 3 is 2.81 bits per heavy atom. The molecule has 0 radical (unpaired) electrons. The van der Waals surface area contributed by atoms with Crippen LogP contribution in [-0.2, 0) is 13.1 Å². The van der Waals surface area contributed by atoms with Gasteiger partial charge in [0.1, 0.15) is 0 Å². The van der Waals surface area contributed by atoms with Gasteiger partial charge in [0, 0.05) is 43.6 Å². The van der Waals surface area contributed by atoms with Gasteiger partial charge in [-0.25, -0.2) is 0 Å². The Balaban J connectivity index is 1.43. The Bertz CT molecular complexity index is 789. The van der Waals surface area contributed by atoms with Gasteiger partial charge in [-0.2, -0.15) is 0 Å². The Labute approximate surface area is 153 Å². The molecular weight excluding hydrogens is 332 g/mol. The van der Waals surface area contributed by atoms with E-state index in [0.29, 0.717) is 24.5 Å². The van der Waals surface area contributed by atoms with Gasteiger partial charge >= 0.3 is 0 Å². The Kier molecular flexibility index (Phi) is 4.58. The van der Waals surface area contributed by atoms with E-state index in [1.807, 2.05) is 4.90 Å². The molecule has 1 saturated heterocycles. The number of rotatable bonds is 3. The SMILES string of the molecule is Cc1ccc2n1CCN(C(=O)c1cc(CN3CCC(O)CC3)on1)[C@H]2C. The van der Waals surface area contributed by atoms with E-state index in [2.05, 4.69) is 40.6 Å². The lowest BCUT2D eigenvalue weighted by Gasteiger charge is -2.35. The third-order valence-electron chi connectivity index (χ3n) is 5.67. The summed E-state index contributed by atoms with van der Waals surface area (Å²) in [4.78, 5) is 17.0.